The van der Waals surface area contributed by atoms with Crippen LogP contribution in [0, 0.1) is 0 Å². The molecule has 0 unspecified atom stereocenters. The molecular weight excluding hydrogens is 270 g/mol. The lowest BCUT2D eigenvalue weighted by molar-refractivity contribution is 1.18. The van der Waals surface area contributed by atoms with Gasteiger partial charge in [0.05, 0.1) is 5.69 Å². The van der Waals surface area contributed by atoms with Gasteiger partial charge in [0, 0.05) is 22.9 Å². The number of nitrogens with zero attached hydrogens (tertiary/aromatic N) is 2. The van der Waals surface area contributed by atoms with Crippen LogP contribution in [0.4, 0.5) is 11.4 Å². The molecule has 0 atom stereocenters. The summed E-state index contributed by atoms with van der Waals surface area (Å²) in [6.45, 7) is 0. The molecule has 1 aromatic heterocycles. The molecule has 2 aromatic rings. The van der Waals surface area contributed by atoms with Crippen LogP contribution in [0.1, 0.15) is 0 Å². The number of halogens is 1. The Morgan fingerprint density at radius 2 is 2.06 bits per heavy atom. The molecule has 0 fully saturated rings. The van der Waals surface area contributed by atoms with Crippen molar-refractivity contribution in [2.24, 2.45) is 10.2 Å². The SMILES string of the molecule is O=c1cc[nH]cc1N=Nc1cccc(Br)c1. The van der Waals surface area contributed by atoms with Gasteiger partial charge < -0.3 is 4.98 Å². The van der Waals surface area contributed by atoms with Gasteiger partial charge in [-0.05, 0) is 18.2 Å². The van der Waals surface area contributed by atoms with Crippen LogP contribution in [0.5, 0.6) is 0 Å². The Balaban J connectivity index is 2.28. The van der Waals surface area contributed by atoms with Gasteiger partial charge in [-0.25, -0.2) is 0 Å². The molecule has 5 heteroatoms. The molecule has 16 heavy (non-hydrogen) atoms. The highest BCUT2D eigenvalue weighted by atomic mass is 79.9. The molecule has 1 heterocycles. The summed E-state index contributed by atoms with van der Waals surface area (Å²) in [6.07, 6.45) is 3.07. The third-order valence-electron chi connectivity index (χ3n) is 1.88. The van der Waals surface area contributed by atoms with E-state index in [0.29, 0.717) is 11.4 Å². The predicted molar refractivity (Wildman–Crippen MR) is 65.4 cm³/mol. The van der Waals surface area contributed by atoms with E-state index in [-0.39, 0.29) is 5.43 Å². The summed E-state index contributed by atoms with van der Waals surface area (Å²) in [6, 6.07) is 8.79. The van der Waals surface area contributed by atoms with E-state index in [1.807, 2.05) is 24.3 Å². The highest BCUT2D eigenvalue weighted by Crippen LogP contribution is 2.19. The van der Waals surface area contributed by atoms with Crippen molar-refractivity contribution in [1.82, 2.24) is 4.98 Å². The van der Waals surface area contributed by atoms with Gasteiger partial charge in [0.15, 0.2) is 0 Å². The van der Waals surface area contributed by atoms with E-state index in [1.54, 1.807) is 6.20 Å². The number of H-pyrrole nitrogens is 1. The first-order valence-electron chi connectivity index (χ1n) is 4.60. The number of rotatable bonds is 2. The fraction of sp³-hybridized carbons (Fsp3) is 0. The zero-order valence-electron chi connectivity index (χ0n) is 8.22. The second kappa shape index (κ2) is 4.85. The lowest BCUT2D eigenvalue weighted by atomic mass is 10.3. The molecule has 0 spiro atoms. The molecule has 1 N–H and O–H groups in total. The average molecular weight is 278 g/mol. The van der Waals surface area contributed by atoms with E-state index in [2.05, 4.69) is 31.1 Å². The maximum atomic E-state index is 11.3. The Morgan fingerprint density at radius 3 is 2.81 bits per heavy atom. The molecule has 0 aliphatic carbocycles. The van der Waals surface area contributed by atoms with Gasteiger partial charge in [-0.3, -0.25) is 4.79 Å². The lowest BCUT2D eigenvalue weighted by Gasteiger charge is -1.93. The zero-order chi connectivity index (χ0) is 11.4. The second-order valence-corrected chi connectivity index (χ2v) is 3.99. The van der Waals surface area contributed by atoms with E-state index in [1.165, 1.54) is 12.3 Å². The first-order valence-corrected chi connectivity index (χ1v) is 5.39. The number of aromatic amines is 1. The minimum absolute atomic E-state index is 0.155. The zero-order valence-corrected chi connectivity index (χ0v) is 9.81. The highest BCUT2D eigenvalue weighted by molar-refractivity contribution is 9.10. The molecule has 0 aliphatic rings. The molecule has 0 radical (unpaired) electrons. The van der Waals surface area contributed by atoms with Crippen molar-refractivity contribution in [2.45, 2.75) is 0 Å². The van der Waals surface area contributed by atoms with Crippen LogP contribution in [0.25, 0.3) is 0 Å². The second-order valence-electron chi connectivity index (χ2n) is 3.07. The number of nitrogens with one attached hydrogen (secondary N) is 1. The van der Waals surface area contributed by atoms with Gasteiger partial charge in [-0.2, -0.15) is 5.11 Å². The maximum Gasteiger partial charge on any atom is 0.209 e. The van der Waals surface area contributed by atoms with Gasteiger partial charge >= 0.3 is 0 Å². The van der Waals surface area contributed by atoms with Gasteiger partial charge in [0.1, 0.15) is 5.69 Å². The summed E-state index contributed by atoms with van der Waals surface area (Å²) in [5.41, 5.74) is 0.831. The van der Waals surface area contributed by atoms with Crippen LogP contribution in [0.3, 0.4) is 0 Å². The Morgan fingerprint density at radius 1 is 1.19 bits per heavy atom. The smallest absolute Gasteiger partial charge is 0.209 e. The predicted octanol–water partition coefficient (Wildman–Crippen LogP) is 3.55. The van der Waals surface area contributed by atoms with Crippen molar-refractivity contribution in [3.63, 3.8) is 0 Å². The van der Waals surface area contributed by atoms with E-state index in [0.717, 1.165) is 4.47 Å². The van der Waals surface area contributed by atoms with Gasteiger partial charge in [-0.1, -0.05) is 22.0 Å². The Hall–Kier alpha value is -1.75. The fourth-order valence-corrected chi connectivity index (χ4v) is 1.52. The molecule has 2 rings (SSSR count). The van der Waals surface area contributed by atoms with Crippen LogP contribution in [0.15, 0.2) is 62.2 Å². The first-order chi connectivity index (χ1) is 7.75. The standard InChI is InChI=1S/C11H8BrN3O/c12-8-2-1-3-9(6-8)14-15-10-7-13-5-4-11(10)16/h1-7H,(H,13,16). The first kappa shape index (κ1) is 10.8. The van der Waals surface area contributed by atoms with Crippen LogP contribution in [-0.4, -0.2) is 4.98 Å². The van der Waals surface area contributed by atoms with Crippen LogP contribution in [0.2, 0.25) is 0 Å². The highest BCUT2D eigenvalue weighted by Gasteiger charge is 1.95. The number of aromatic nitrogens is 1. The Kier molecular flexibility index (Phi) is 3.26. The summed E-state index contributed by atoms with van der Waals surface area (Å²) in [5, 5.41) is 7.85. The molecule has 0 saturated carbocycles. The molecule has 0 bridgehead atoms. The topological polar surface area (TPSA) is 57.6 Å². The van der Waals surface area contributed by atoms with E-state index >= 15 is 0 Å². The van der Waals surface area contributed by atoms with Crippen molar-refractivity contribution >= 4 is 27.3 Å². The van der Waals surface area contributed by atoms with Crippen molar-refractivity contribution < 1.29 is 0 Å². The number of hydrogen-bond donors (Lipinski definition) is 1. The Bertz CT molecular complexity index is 577. The van der Waals surface area contributed by atoms with Crippen molar-refractivity contribution in [2.75, 3.05) is 0 Å². The molecular formula is C11H8BrN3O. The summed E-state index contributed by atoms with van der Waals surface area (Å²) in [5.74, 6) is 0. The molecule has 1 aromatic carbocycles. The molecule has 0 saturated heterocycles. The quantitative estimate of drug-likeness (QED) is 0.839. The van der Waals surface area contributed by atoms with Crippen molar-refractivity contribution in [3.8, 4) is 0 Å². The van der Waals surface area contributed by atoms with Crippen molar-refractivity contribution in [1.29, 1.82) is 0 Å². The number of pyridine rings is 1. The normalized spacial score (nSPS) is 10.8. The van der Waals surface area contributed by atoms with Crippen LogP contribution < -0.4 is 5.43 Å². The average Bonchev–Trinajstić information content (AvgIpc) is 2.28. The number of hydrogen-bond acceptors (Lipinski definition) is 3. The van der Waals surface area contributed by atoms with Crippen molar-refractivity contribution in [3.05, 3.63) is 57.4 Å². The molecule has 0 amide bonds. The summed E-state index contributed by atoms with van der Waals surface area (Å²) in [4.78, 5) is 14.1. The molecule has 0 aliphatic heterocycles. The van der Waals surface area contributed by atoms with Gasteiger partial charge in [0.2, 0.25) is 5.43 Å². The number of benzene rings is 1. The van der Waals surface area contributed by atoms with Crippen LogP contribution in [-0.2, 0) is 0 Å². The van der Waals surface area contributed by atoms with E-state index in [4.69, 9.17) is 0 Å². The minimum Gasteiger partial charge on any atom is -0.366 e. The largest absolute Gasteiger partial charge is 0.366 e. The van der Waals surface area contributed by atoms with Crippen LogP contribution >= 0.6 is 15.9 Å². The van der Waals surface area contributed by atoms with E-state index in [9.17, 15) is 4.79 Å². The monoisotopic (exact) mass is 277 g/mol. The summed E-state index contributed by atoms with van der Waals surface area (Å²) in [7, 11) is 0. The van der Waals surface area contributed by atoms with Gasteiger partial charge in [-0.15, -0.1) is 5.11 Å². The third-order valence-corrected chi connectivity index (χ3v) is 2.38. The number of azo groups is 1. The van der Waals surface area contributed by atoms with Gasteiger partial charge in [0.25, 0.3) is 0 Å². The minimum atomic E-state index is -0.155. The molecule has 80 valence electrons. The third kappa shape index (κ3) is 2.64. The van der Waals surface area contributed by atoms with E-state index < -0.39 is 0 Å². The molecule has 4 nitrogen and oxygen atoms in total. The summed E-state index contributed by atoms with van der Waals surface area (Å²) < 4.78 is 0.922. The summed E-state index contributed by atoms with van der Waals surface area (Å²) >= 11 is 3.33. The fourth-order valence-electron chi connectivity index (χ4n) is 1.14. The lowest BCUT2D eigenvalue weighted by Crippen LogP contribution is -1.96. The maximum absolute atomic E-state index is 11.3. The Labute approximate surface area is 100 Å².